The van der Waals surface area contributed by atoms with E-state index < -0.39 is 47.3 Å². The molecule has 11 heteroatoms. The predicted octanol–water partition coefficient (Wildman–Crippen LogP) is 5.12. The highest BCUT2D eigenvalue weighted by Crippen LogP contribution is 2.32. The number of ether oxygens (including phenoxy) is 1. The Labute approximate surface area is 179 Å². The number of halogens is 5. The molecule has 30 heavy (non-hydrogen) atoms. The van der Waals surface area contributed by atoms with E-state index in [1.54, 1.807) is 26.8 Å². The van der Waals surface area contributed by atoms with Gasteiger partial charge >= 0.3 is 12.3 Å². The van der Waals surface area contributed by atoms with Crippen molar-refractivity contribution in [1.29, 1.82) is 5.26 Å². The summed E-state index contributed by atoms with van der Waals surface area (Å²) in [6.45, 7) is 5.89. The molecular weight excluding hydrogens is 472 g/mol. The molecule has 1 aromatic carbocycles. The molecule has 6 nitrogen and oxygen atoms in total. The van der Waals surface area contributed by atoms with Crippen LogP contribution in [0.15, 0.2) is 28.9 Å². The van der Waals surface area contributed by atoms with Crippen molar-refractivity contribution in [2.75, 3.05) is 0 Å². The van der Waals surface area contributed by atoms with Crippen LogP contribution >= 0.6 is 15.9 Å². The van der Waals surface area contributed by atoms with Gasteiger partial charge < -0.3 is 14.6 Å². The number of carbonyl (C=O) groups excluding carboxylic acids is 1. The van der Waals surface area contributed by atoms with Crippen LogP contribution in [0.1, 0.15) is 44.8 Å². The van der Waals surface area contributed by atoms with Gasteiger partial charge in [-0.25, -0.2) is 14.2 Å². The van der Waals surface area contributed by atoms with Crippen LogP contribution in [0.3, 0.4) is 0 Å². The third-order valence-corrected chi connectivity index (χ3v) is 4.45. The average Bonchev–Trinajstić information content (AvgIpc) is 2.97. The summed E-state index contributed by atoms with van der Waals surface area (Å²) in [5.74, 6) is -1.23. The second kappa shape index (κ2) is 8.26. The molecule has 1 N–H and O–H groups in total. The number of nitriles is 1. The van der Waals surface area contributed by atoms with Gasteiger partial charge in [-0.1, -0.05) is 15.9 Å². The van der Waals surface area contributed by atoms with Crippen LogP contribution in [0.5, 0.6) is 0 Å². The van der Waals surface area contributed by atoms with E-state index in [4.69, 9.17) is 4.74 Å². The molecule has 0 bridgehead atoms. The summed E-state index contributed by atoms with van der Waals surface area (Å²) in [5, 5.41) is 11.7. The molecule has 1 atom stereocenters. The minimum absolute atomic E-state index is 0.0196. The number of benzene rings is 1. The van der Waals surface area contributed by atoms with E-state index >= 15 is 0 Å². The second-order valence-electron chi connectivity index (χ2n) is 7.77. The van der Waals surface area contributed by atoms with Crippen LogP contribution in [-0.2, 0) is 23.0 Å². The molecule has 1 aromatic heterocycles. The Morgan fingerprint density at radius 2 is 1.93 bits per heavy atom. The van der Waals surface area contributed by atoms with E-state index in [0.29, 0.717) is 10.7 Å². The lowest BCUT2D eigenvalue weighted by atomic mass is 9.91. The number of nitrogens with one attached hydrogen (secondary N) is 1. The lowest BCUT2D eigenvalue weighted by molar-refractivity contribution is -0.141. The number of carbonyl (C=O) groups is 1. The SMILES string of the molecule is CC(C)(C)OC(=O)N[C@@](C)(Cn1cc(C(F)(F)F)nc1C#N)c1cc(Br)ccc1F. The van der Waals surface area contributed by atoms with Crippen LogP contribution in [-0.4, -0.2) is 21.2 Å². The first-order chi connectivity index (χ1) is 13.6. The van der Waals surface area contributed by atoms with Gasteiger partial charge in [0, 0.05) is 16.2 Å². The third-order valence-electron chi connectivity index (χ3n) is 3.95. The third kappa shape index (κ3) is 5.72. The summed E-state index contributed by atoms with van der Waals surface area (Å²) < 4.78 is 60.4. The summed E-state index contributed by atoms with van der Waals surface area (Å²) in [6.07, 6.45) is -5.03. The van der Waals surface area contributed by atoms with Gasteiger partial charge in [-0.05, 0) is 45.9 Å². The van der Waals surface area contributed by atoms with Crippen molar-refractivity contribution in [1.82, 2.24) is 14.9 Å². The molecule has 0 aliphatic carbocycles. The smallest absolute Gasteiger partial charge is 0.434 e. The van der Waals surface area contributed by atoms with E-state index in [2.05, 4.69) is 26.2 Å². The first-order valence-electron chi connectivity index (χ1n) is 8.66. The van der Waals surface area contributed by atoms with Gasteiger partial charge in [0.2, 0.25) is 5.82 Å². The van der Waals surface area contributed by atoms with Crippen molar-refractivity contribution in [3.8, 4) is 6.07 Å². The van der Waals surface area contributed by atoms with Crippen LogP contribution in [0, 0.1) is 17.1 Å². The number of hydrogen-bond donors (Lipinski definition) is 1. The molecule has 0 aliphatic heterocycles. The highest BCUT2D eigenvalue weighted by atomic mass is 79.9. The maximum atomic E-state index is 14.7. The normalized spacial score (nSPS) is 14.0. The summed E-state index contributed by atoms with van der Waals surface area (Å²) in [7, 11) is 0. The van der Waals surface area contributed by atoms with Gasteiger partial charge in [0.15, 0.2) is 5.69 Å². The molecule has 1 heterocycles. The van der Waals surface area contributed by atoms with Gasteiger partial charge in [-0.3, -0.25) is 0 Å². The van der Waals surface area contributed by atoms with Crippen molar-refractivity contribution in [2.45, 2.75) is 51.6 Å². The van der Waals surface area contributed by atoms with Crippen molar-refractivity contribution in [3.63, 3.8) is 0 Å². The van der Waals surface area contributed by atoms with E-state index in [9.17, 15) is 27.6 Å². The molecule has 2 rings (SSSR count). The molecule has 0 unspecified atom stereocenters. The minimum atomic E-state index is -4.77. The fourth-order valence-electron chi connectivity index (χ4n) is 2.74. The van der Waals surface area contributed by atoms with Crippen LogP contribution in [0.2, 0.25) is 0 Å². The van der Waals surface area contributed by atoms with E-state index in [1.807, 2.05) is 0 Å². The van der Waals surface area contributed by atoms with E-state index in [0.717, 1.165) is 10.6 Å². The monoisotopic (exact) mass is 490 g/mol. The van der Waals surface area contributed by atoms with Crippen molar-refractivity contribution in [3.05, 3.63) is 51.8 Å². The van der Waals surface area contributed by atoms with Gasteiger partial charge in [0.25, 0.3) is 0 Å². The molecule has 162 valence electrons. The quantitative estimate of drug-likeness (QED) is 0.603. The second-order valence-corrected chi connectivity index (χ2v) is 8.69. The van der Waals surface area contributed by atoms with E-state index in [1.165, 1.54) is 19.1 Å². The number of imidazole rings is 1. The summed E-state index contributed by atoms with van der Waals surface area (Å²) in [6, 6.07) is 5.56. The average molecular weight is 491 g/mol. The lowest BCUT2D eigenvalue weighted by Crippen LogP contribution is -2.49. The van der Waals surface area contributed by atoms with Crippen LogP contribution in [0.25, 0.3) is 0 Å². The molecule has 0 spiro atoms. The number of hydrogen-bond acceptors (Lipinski definition) is 4. The molecule has 0 fully saturated rings. The van der Waals surface area contributed by atoms with Gasteiger partial charge in [-0.15, -0.1) is 0 Å². The fourth-order valence-corrected chi connectivity index (χ4v) is 3.11. The summed E-state index contributed by atoms with van der Waals surface area (Å²) in [5.41, 5.74) is -3.73. The molecule has 0 radical (unpaired) electrons. The summed E-state index contributed by atoms with van der Waals surface area (Å²) >= 11 is 3.22. The van der Waals surface area contributed by atoms with Crippen molar-refractivity contribution in [2.24, 2.45) is 0 Å². The molecule has 2 aromatic rings. The highest BCUT2D eigenvalue weighted by Gasteiger charge is 2.38. The van der Waals surface area contributed by atoms with Crippen LogP contribution < -0.4 is 5.32 Å². The number of amides is 1. The van der Waals surface area contributed by atoms with Gasteiger partial charge in [0.05, 0.1) is 12.1 Å². The van der Waals surface area contributed by atoms with E-state index in [-0.39, 0.29) is 5.56 Å². The number of alkyl halides is 3. The Morgan fingerprint density at radius 3 is 2.47 bits per heavy atom. The number of rotatable bonds is 4. The fraction of sp³-hybridized carbons (Fsp3) is 0.421. The standard InChI is InChI=1S/C19H19BrF4N4O2/c1-17(2,3)30-16(29)27-18(4,12-7-11(20)5-6-13(12)21)10-28-9-14(19(22,23)24)26-15(28)8-25/h5-7,9H,10H2,1-4H3,(H,27,29)/t18-/m0/s1. The molecular formula is C19H19BrF4N4O2. The molecule has 0 saturated heterocycles. The first-order valence-corrected chi connectivity index (χ1v) is 9.45. The largest absolute Gasteiger partial charge is 0.444 e. The Bertz CT molecular complexity index is 992. The number of aromatic nitrogens is 2. The molecule has 0 saturated carbocycles. The topological polar surface area (TPSA) is 79.9 Å². The number of nitrogens with zero attached hydrogens (tertiary/aromatic N) is 3. The maximum Gasteiger partial charge on any atom is 0.434 e. The lowest BCUT2D eigenvalue weighted by Gasteiger charge is -2.33. The maximum absolute atomic E-state index is 14.7. The minimum Gasteiger partial charge on any atom is -0.444 e. The Balaban J connectivity index is 2.55. The Kier molecular flexibility index (Phi) is 6.51. The Morgan fingerprint density at radius 1 is 1.30 bits per heavy atom. The zero-order valence-corrected chi connectivity index (χ0v) is 18.2. The molecule has 1 amide bonds. The zero-order valence-electron chi connectivity index (χ0n) is 16.6. The van der Waals surface area contributed by atoms with Crippen LogP contribution in [0.4, 0.5) is 22.4 Å². The predicted molar refractivity (Wildman–Crippen MR) is 103 cm³/mol. The number of alkyl carbamates (subject to hydrolysis) is 1. The zero-order chi connectivity index (χ0) is 22.9. The Hall–Kier alpha value is -2.61. The highest BCUT2D eigenvalue weighted by molar-refractivity contribution is 9.10. The first kappa shape index (κ1) is 23.7. The van der Waals surface area contributed by atoms with Crippen molar-refractivity contribution < 1.29 is 27.1 Å². The van der Waals surface area contributed by atoms with Gasteiger partial charge in [-0.2, -0.15) is 18.4 Å². The van der Waals surface area contributed by atoms with Crippen molar-refractivity contribution >= 4 is 22.0 Å². The summed E-state index contributed by atoms with van der Waals surface area (Å²) in [4.78, 5) is 15.7. The van der Waals surface area contributed by atoms with Gasteiger partial charge in [0.1, 0.15) is 17.5 Å². The molecule has 0 aliphatic rings.